The van der Waals surface area contributed by atoms with E-state index in [1.807, 2.05) is 0 Å². The number of benzene rings is 2. The van der Waals surface area contributed by atoms with Crippen molar-refractivity contribution in [2.75, 3.05) is 0 Å². The minimum atomic E-state index is -4.29. The van der Waals surface area contributed by atoms with Crippen molar-refractivity contribution in [1.82, 2.24) is 0 Å². The molecule has 6 heteroatoms. The van der Waals surface area contributed by atoms with Gasteiger partial charge in [0.05, 0.1) is 4.90 Å². The molecule has 166 valence electrons. The Morgan fingerprint density at radius 3 is 2.00 bits per heavy atom. The van der Waals surface area contributed by atoms with Gasteiger partial charge in [0.1, 0.15) is 17.2 Å². The summed E-state index contributed by atoms with van der Waals surface area (Å²) < 4.78 is 38.7. The van der Waals surface area contributed by atoms with Crippen LogP contribution >= 0.6 is 0 Å². The molecule has 0 fully saturated rings. The van der Waals surface area contributed by atoms with Crippen LogP contribution in [0.25, 0.3) is 0 Å². The molecule has 0 bridgehead atoms. The van der Waals surface area contributed by atoms with E-state index in [4.69, 9.17) is 4.74 Å². The molecule has 2 N–H and O–H groups in total. The lowest BCUT2D eigenvalue weighted by Gasteiger charge is -2.11. The van der Waals surface area contributed by atoms with Gasteiger partial charge in [0.15, 0.2) is 0 Å². The van der Waals surface area contributed by atoms with Crippen molar-refractivity contribution in [1.29, 1.82) is 0 Å². The topological polar surface area (TPSA) is 83.8 Å². The highest BCUT2D eigenvalue weighted by atomic mass is 32.2. The van der Waals surface area contributed by atoms with Crippen molar-refractivity contribution in [2.45, 2.75) is 82.4 Å². The zero-order valence-electron chi connectivity index (χ0n) is 17.8. The second-order valence-electron chi connectivity index (χ2n) is 7.78. The van der Waals surface area contributed by atoms with Gasteiger partial charge in [-0.15, -0.1) is 0 Å². The maximum atomic E-state index is 11.7. The van der Waals surface area contributed by atoms with E-state index in [0.29, 0.717) is 23.5 Å². The molecular formula is C24H34O5S. The molecule has 0 aliphatic rings. The number of unbranched alkanes of at least 4 members (excludes halogenated alkanes) is 9. The van der Waals surface area contributed by atoms with E-state index in [0.717, 1.165) is 19.3 Å². The molecule has 0 saturated carbocycles. The molecule has 0 aliphatic carbocycles. The maximum Gasteiger partial charge on any atom is 0.294 e. The highest BCUT2D eigenvalue weighted by Crippen LogP contribution is 2.29. The van der Waals surface area contributed by atoms with Gasteiger partial charge < -0.3 is 9.84 Å². The lowest BCUT2D eigenvalue weighted by molar-refractivity contribution is 0.454. The molecule has 0 unspecified atom stereocenters. The third kappa shape index (κ3) is 8.76. The van der Waals surface area contributed by atoms with Crippen LogP contribution in [0, 0.1) is 0 Å². The summed E-state index contributed by atoms with van der Waals surface area (Å²) in [6, 6.07) is 10.9. The molecule has 5 nitrogen and oxygen atoms in total. The van der Waals surface area contributed by atoms with Gasteiger partial charge in [-0.25, -0.2) is 0 Å². The molecule has 2 rings (SSSR count). The van der Waals surface area contributed by atoms with Crippen LogP contribution in [0.4, 0.5) is 0 Å². The van der Waals surface area contributed by atoms with Gasteiger partial charge in [0.2, 0.25) is 0 Å². The van der Waals surface area contributed by atoms with Crippen molar-refractivity contribution in [2.24, 2.45) is 0 Å². The third-order valence-electron chi connectivity index (χ3n) is 5.16. The van der Waals surface area contributed by atoms with Gasteiger partial charge in [-0.2, -0.15) is 8.42 Å². The van der Waals surface area contributed by atoms with E-state index < -0.39 is 10.1 Å². The second-order valence-corrected chi connectivity index (χ2v) is 9.17. The predicted octanol–water partition coefficient (Wildman–Crippen LogP) is 6.89. The molecule has 0 aliphatic heterocycles. The number of hydrogen-bond acceptors (Lipinski definition) is 4. The van der Waals surface area contributed by atoms with Crippen molar-refractivity contribution in [3.05, 3.63) is 48.0 Å². The summed E-state index contributed by atoms with van der Waals surface area (Å²) in [7, 11) is -4.29. The lowest BCUT2D eigenvalue weighted by atomic mass is 10.0. The van der Waals surface area contributed by atoms with Crippen molar-refractivity contribution < 1.29 is 22.8 Å². The number of phenols is 1. The normalized spacial score (nSPS) is 11.5. The predicted molar refractivity (Wildman–Crippen MR) is 120 cm³/mol. The number of aromatic hydroxyl groups is 1. The van der Waals surface area contributed by atoms with E-state index >= 15 is 0 Å². The zero-order chi connectivity index (χ0) is 21.8. The van der Waals surface area contributed by atoms with Crippen molar-refractivity contribution in [3.8, 4) is 17.2 Å². The largest absolute Gasteiger partial charge is 0.508 e. The van der Waals surface area contributed by atoms with Crippen LogP contribution in [0.15, 0.2) is 47.4 Å². The lowest BCUT2D eigenvalue weighted by Crippen LogP contribution is -2.04. The Balaban J connectivity index is 1.88. The van der Waals surface area contributed by atoms with E-state index in [1.165, 1.54) is 63.1 Å². The fourth-order valence-electron chi connectivity index (χ4n) is 3.55. The van der Waals surface area contributed by atoms with Crippen LogP contribution in [0.5, 0.6) is 17.2 Å². The molecule has 2 aromatic rings. The average Bonchev–Trinajstić information content (AvgIpc) is 2.69. The van der Waals surface area contributed by atoms with Gasteiger partial charge in [-0.1, -0.05) is 70.8 Å². The Labute approximate surface area is 180 Å². The van der Waals surface area contributed by atoms with Crippen molar-refractivity contribution in [3.63, 3.8) is 0 Å². The minimum Gasteiger partial charge on any atom is -0.508 e. The van der Waals surface area contributed by atoms with Gasteiger partial charge in [-0.05, 0) is 48.7 Å². The molecule has 0 radical (unpaired) electrons. The molecule has 0 aromatic heterocycles. The summed E-state index contributed by atoms with van der Waals surface area (Å²) >= 11 is 0. The Hall–Kier alpha value is -2.05. The van der Waals surface area contributed by atoms with Gasteiger partial charge in [0, 0.05) is 6.07 Å². The highest BCUT2D eigenvalue weighted by Gasteiger charge is 2.16. The summed E-state index contributed by atoms with van der Waals surface area (Å²) in [4.78, 5) is -0.0679. The minimum absolute atomic E-state index is 0.0679. The van der Waals surface area contributed by atoms with E-state index in [9.17, 15) is 18.1 Å². The Bertz CT molecular complexity index is 877. The number of aryl methyl sites for hydroxylation is 1. The molecular weight excluding hydrogens is 400 g/mol. The fourth-order valence-corrected chi connectivity index (χ4v) is 4.28. The first-order valence-electron chi connectivity index (χ1n) is 11.0. The smallest absolute Gasteiger partial charge is 0.294 e. The summed E-state index contributed by atoms with van der Waals surface area (Å²) in [5.74, 6) is 1.02. The first kappa shape index (κ1) is 24.2. The van der Waals surface area contributed by atoms with Crippen LogP contribution in [-0.2, 0) is 16.5 Å². The van der Waals surface area contributed by atoms with Gasteiger partial charge in [0.25, 0.3) is 10.1 Å². The van der Waals surface area contributed by atoms with E-state index in [1.54, 1.807) is 24.3 Å². The van der Waals surface area contributed by atoms with Crippen LogP contribution in [0.3, 0.4) is 0 Å². The summed E-state index contributed by atoms with van der Waals surface area (Å²) in [5, 5.41) is 9.56. The fraction of sp³-hybridized carbons (Fsp3) is 0.500. The summed E-state index contributed by atoms with van der Waals surface area (Å²) in [6.45, 7) is 2.22. The highest BCUT2D eigenvalue weighted by molar-refractivity contribution is 7.85. The molecule has 0 spiro atoms. The molecule has 0 saturated heterocycles. The number of hydrogen-bond donors (Lipinski definition) is 2. The van der Waals surface area contributed by atoms with Crippen LogP contribution < -0.4 is 4.74 Å². The quantitative estimate of drug-likeness (QED) is 0.250. The standard InChI is InChI=1S/C24H34O5S/c1-2-3-4-5-6-7-8-9-10-11-13-20-18-23(16-17-24(20)30(26,27)28)29-22-15-12-14-21(25)19-22/h12,14-19,25H,2-11,13H2,1H3,(H,26,27,28). The Morgan fingerprint density at radius 1 is 0.800 bits per heavy atom. The molecule has 30 heavy (non-hydrogen) atoms. The first-order valence-corrected chi connectivity index (χ1v) is 12.4. The van der Waals surface area contributed by atoms with Crippen molar-refractivity contribution >= 4 is 10.1 Å². The van der Waals surface area contributed by atoms with E-state index in [2.05, 4.69) is 6.92 Å². The Morgan fingerprint density at radius 2 is 1.40 bits per heavy atom. The van der Waals surface area contributed by atoms with Gasteiger partial charge >= 0.3 is 0 Å². The van der Waals surface area contributed by atoms with Crippen LogP contribution in [0.2, 0.25) is 0 Å². The average molecular weight is 435 g/mol. The van der Waals surface area contributed by atoms with Gasteiger partial charge in [-0.3, -0.25) is 4.55 Å². The molecule has 0 heterocycles. The maximum absolute atomic E-state index is 11.7. The first-order chi connectivity index (χ1) is 14.4. The SMILES string of the molecule is CCCCCCCCCCCCc1cc(Oc2cccc(O)c2)ccc1S(=O)(=O)O. The summed E-state index contributed by atoms with van der Waals surface area (Å²) in [6.07, 6.45) is 12.6. The number of phenolic OH excluding ortho intramolecular Hbond substituents is 1. The van der Waals surface area contributed by atoms with E-state index in [-0.39, 0.29) is 10.6 Å². The number of ether oxygens (including phenoxy) is 1. The van der Waals surface area contributed by atoms with Crippen LogP contribution in [0.1, 0.15) is 76.7 Å². The molecule has 2 aromatic carbocycles. The third-order valence-corrected chi connectivity index (χ3v) is 6.12. The van der Waals surface area contributed by atoms with Crippen LogP contribution in [-0.4, -0.2) is 18.1 Å². The summed E-state index contributed by atoms with van der Waals surface area (Å²) in [5.41, 5.74) is 0.551. The monoisotopic (exact) mass is 434 g/mol. The molecule has 0 amide bonds. The molecule has 0 atom stereocenters. The number of rotatable bonds is 14. The zero-order valence-corrected chi connectivity index (χ0v) is 18.7. The Kier molecular flexibility index (Phi) is 10.2. The second kappa shape index (κ2) is 12.6.